The highest BCUT2D eigenvalue weighted by molar-refractivity contribution is 6.01. The fourth-order valence-corrected chi connectivity index (χ4v) is 2.67. The summed E-state index contributed by atoms with van der Waals surface area (Å²) in [6.07, 6.45) is 0. The average molecular weight is 358 g/mol. The molecule has 0 saturated heterocycles. The Kier molecular flexibility index (Phi) is 6.00. The second-order valence-corrected chi connectivity index (χ2v) is 6.04. The Balaban J connectivity index is 1.65. The van der Waals surface area contributed by atoms with Crippen molar-refractivity contribution in [3.63, 3.8) is 0 Å². The number of hydrogen-bond donors (Lipinski definition) is 1. The quantitative estimate of drug-likeness (QED) is 0.503. The van der Waals surface area contributed by atoms with Gasteiger partial charge < -0.3 is 4.74 Å². The molecule has 0 unspecified atom stereocenters. The van der Waals surface area contributed by atoms with Crippen molar-refractivity contribution in [2.75, 3.05) is 6.61 Å². The van der Waals surface area contributed by atoms with Crippen LogP contribution in [0.4, 0.5) is 0 Å². The Labute approximate surface area is 159 Å². The van der Waals surface area contributed by atoms with Crippen molar-refractivity contribution in [2.24, 2.45) is 5.10 Å². The first kappa shape index (κ1) is 18.4. The maximum Gasteiger partial charge on any atom is 0.271 e. The van der Waals surface area contributed by atoms with E-state index in [0.717, 1.165) is 28.2 Å². The number of hydrazone groups is 1. The van der Waals surface area contributed by atoms with E-state index < -0.39 is 0 Å². The van der Waals surface area contributed by atoms with Gasteiger partial charge in [-0.25, -0.2) is 5.43 Å². The highest BCUT2D eigenvalue weighted by atomic mass is 16.5. The van der Waals surface area contributed by atoms with Crippen LogP contribution < -0.4 is 10.2 Å². The number of ether oxygens (including phenoxy) is 1. The molecule has 0 bridgehead atoms. The van der Waals surface area contributed by atoms with E-state index in [9.17, 15) is 4.79 Å². The maximum atomic E-state index is 12.3. The van der Waals surface area contributed by atoms with E-state index in [-0.39, 0.29) is 5.91 Å². The zero-order chi connectivity index (χ0) is 19.1. The summed E-state index contributed by atoms with van der Waals surface area (Å²) in [5.74, 6) is 0.580. The van der Waals surface area contributed by atoms with E-state index in [1.807, 2.05) is 80.6 Å². The molecule has 27 heavy (non-hydrogen) atoms. The third-order valence-corrected chi connectivity index (χ3v) is 4.16. The van der Waals surface area contributed by atoms with Gasteiger partial charge >= 0.3 is 0 Å². The lowest BCUT2D eigenvalue weighted by atomic mass is 10.0. The molecule has 0 aliphatic heterocycles. The molecular weight excluding hydrogens is 336 g/mol. The molecular formula is C23H22N2O2. The molecule has 136 valence electrons. The van der Waals surface area contributed by atoms with Crippen LogP contribution in [-0.4, -0.2) is 18.2 Å². The predicted molar refractivity (Wildman–Crippen MR) is 109 cm³/mol. The molecule has 3 rings (SSSR count). The highest BCUT2D eigenvalue weighted by Crippen LogP contribution is 2.19. The molecule has 1 N–H and O–H groups in total. The summed E-state index contributed by atoms with van der Waals surface area (Å²) in [6, 6.07) is 25.2. The van der Waals surface area contributed by atoms with E-state index in [0.29, 0.717) is 12.2 Å². The van der Waals surface area contributed by atoms with Gasteiger partial charge in [0.1, 0.15) is 5.75 Å². The van der Waals surface area contributed by atoms with Crippen LogP contribution in [0.2, 0.25) is 0 Å². The van der Waals surface area contributed by atoms with Crippen LogP contribution in [0.5, 0.6) is 5.75 Å². The summed E-state index contributed by atoms with van der Waals surface area (Å²) in [6.45, 7) is 4.43. The molecule has 0 radical (unpaired) electrons. The number of rotatable bonds is 6. The van der Waals surface area contributed by atoms with Gasteiger partial charge in [0.05, 0.1) is 12.3 Å². The summed E-state index contributed by atoms with van der Waals surface area (Å²) in [7, 11) is 0. The molecule has 0 aliphatic rings. The minimum Gasteiger partial charge on any atom is -0.494 e. The van der Waals surface area contributed by atoms with Crippen LogP contribution in [0.1, 0.15) is 29.8 Å². The Bertz CT molecular complexity index is 915. The Morgan fingerprint density at radius 3 is 2.07 bits per heavy atom. The zero-order valence-electron chi connectivity index (χ0n) is 15.5. The second-order valence-electron chi connectivity index (χ2n) is 6.04. The van der Waals surface area contributed by atoms with Crippen molar-refractivity contribution in [3.8, 4) is 16.9 Å². The van der Waals surface area contributed by atoms with Crippen LogP contribution >= 0.6 is 0 Å². The van der Waals surface area contributed by atoms with E-state index >= 15 is 0 Å². The Hall–Kier alpha value is -3.40. The SMILES string of the molecule is CCOc1ccc(/C(C)=N/NC(=O)c2ccc(-c3ccccc3)cc2)cc1. The summed E-state index contributed by atoms with van der Waals surface area (Å²) in [5, 5.41) is 4.20. The molecule has 3 aromatic rings. The van der Waals surface area contributed by atoms with Crippen molar-refractivity contribution in [2.45, 2.75) is 13.8 Å². The molecule has 1 amide bonds. The van der Waals surface area contributed by atoms with Crippen molar-refractivity contribution >= 4 is 11.6 Å². The number of nitrogens with one attached hydrogen (secondary N) is 1. The Morgan fingerprint density at radius 1 is 0.852 bits per heavy atom. The van der Waals surface area contributed by atoms with Crippen LogP contribution in [0.25, 0.3) is 11.1 Å². The van der Waals surface area contributed by atoms with Crippen molar-refractivity contribution in [3.05, 3.63) is 90.0 Å². The Morgan fingerprint density at radius 2 is 1.44 bits per heavy atom. The number of hydrogen-bond acceptors (Lipinski definition) is 3. The van der Waals surface area contributed by atoms with Gasteiger partial charge in [0.2, 0.25) is 0 Å². The number of amides is 1. The van der Waals surface area contributed by atoms with Gasteiger partial charge in [-0.15, -0.1) is 0 Å². The first-order chi connectivity index (χ1) is 13.2. The monoisotopic (exact) mass is 358 g/mol. The largest absolute Gasteiger partial charge is 0.494 e. The smallest absolute Gasteiger partial charge is 0.271 e. The third kappa shape index (κ3) is 4.82. The van der Waals surface area contributed by atoms with Gasteiger partial charge in [0, 0.05) is 5.56 Å². The summed E-state index contributed by atoms with van der Waals surface area (Å²) in [4.78, 5) is 12.3. The summed E-state index contributed by atoms with van der Waals surface area (Å²) in [5.41, 5.74) is 7.03. The molecule has 0 aromatic heterocycles. The molecule has 4 heteroatoms. The minimum absolute atomic E-state index is 0.236. The topological polar surface area (TPSA) is 50.7 Å². The molecule has 3 aromatic carbocycles. The normalized spacial score (nSPS) is 11.1. The predicted octanol–water partition coefficient (Wildman–Crippen LogP) is 4.91. The van der Waals surface area contributed by atoms with E-state index in [4.69, 9.17) is 4.74 Å². The maximum absolute atomic E-state index is 12.3. The molecule has 0 saturated carbocycles. The summed E-state index contributed by atoms with van der Waals surface area (Å²) >= 11 is 0. The van der Waals surface area contributed by atoms with E-state index in [1.165, 1.54) is 0 Å². The fourth-order valence-electron chi connectivity index (χ4n) is 2.67. The lowest BCUT2D eigenvalue weighted by Crippen LogP contribution is -2.19. The highest BCUT2D eigenvalue weighted by Gasteiger charge is 2.06. The first-order valence-electron chi connectivity index (χ1n) is 8.90. The standard InChI is InChI=1S/C23H22N2O2/c1-3-27-22-15-13-18(14-16-22)17(2)24-25-23(26)21-11-9-20(10-12-21)19-7-5-4-6-8-19/h4-16H,3H2,1-2H3,(H,25,26)/b24-17+. The van der Waals surface area contributed by atoms with Gasteiger partial charge in [-0.1, -0.05) is 42.5 Å². The number of carbonyl (C=O) groups excluding carboxylic acids is 1. The second kappa shape index (κ2) is 8.81. The lowest BCUT2D eigenvalue weighted by molar-refractivity contribution is 0.0955. The number of benzene rings is 3. The van der Waals surface area contributed by atoms with Gasteiger partial charge in [-0.3, -0.25) is 4.79 Å². The molecule has 0 spiro atoms. The first-order valence-corrected chi connectivity index (χ1v) is 8.90. The van der Waals surface area contributed by atoms with Gasteiger partial charge in [0.15, 0.2) is 0 Å². The fraction of sp³-hybridized carbons (Fsp3) is 0.130. The molecule has 4 nitrogen and oxygen atoms in total. The van der Waals surface area contributed by atoms with Gasteiger partial charge in [-0.2, -0.15) is 5.10 Å². The van der Waals surface area contributed by atoms with Gasteiger partial charge in [0.25, 0.3) is 5.91 Å². The lowest BCUT2D eigenvalue weighted by Gasteiger charge is -2.06. The van der Waals surface area contributed by atoms with Crippen molar-refractivity contribution in [1.82, 2.24) is 5.43 Å². The third-order valence-electron chi connectivity index (χ3n) is 4.16. The molecule has 0 fully saturated rings. The van der Waals surface area contributed by atoms with Crippen LogP contribution in [-0.2, 0) is 0 Å². The van der Waals surface area contributed by atoms with Crippen LogP contribution in [0, 0.1) is 0 Å². The van der Waals surface area contributed by atoms with Crippen molar-refractivity contribution < 1.29 is 9.53 Å². The van der Waals surface area contributed by atoms with Crippen LogP contribution in [0.15, 0.2) is 84.0 Å². The minimum atomic E-state index is -0.236. The number of carbonyl (C=O) groups is 1. The molecule has 0 heterocycles. The average Bonchev–Trinajstić information content (AvgIpc) is 2.73. The van der Waals surface area contributed by atoms with E-state index in [1.54, 1.807) is 12.1 Å². The summed E-state index contributed by atoms with van der Waals surface area (Å²) < 4.78 is 5.43. The number of nitrogens with zero attached hydrogens (tertiary/aromatic N) is 1. The molecule has 0 aliphatic carbocycles. The van der Waals surface area contributed by atoms with Crippen LogP contribution in [0.3, 0.4) is 0 Å². The molecule has 0 atom stereocenters. The van der Waals surface area contributed by atoms with Crippen molar-refractivity contribution in [1.29, 1.82) is 0 Å². The zero-order valence-corrected chi connectivity index (χ0v) is 15.5. The van der Waals surface area contributed by atoms with E-state index in [2.05, 4.69) is 10.5 Å². The van der Waals surface area contributed by atoms with Gasteiger partial charge in [-0.05, 0) is 66.9 Å².